The van der Waals surface area contributed by atoms with E-state index in [-0.39, 0.29) is 5.60 Å². The largest absolute Gasteiger partial charge is 0.390 e. The minimum absolute atomic E-state index is 0.363. The van der Waals surface area contributed by atoms with E-state index in [9.17, 15) is 5.11 Å². The lowest BCUT2D eigenvalue weighted by molar-refractivity contribution is -0.192. The van der Waals surface area contributed by atoms with Crippen LogP contribution in [-0.2, 0) is 0 Å². The first-order chi connectivity index (χ1) is 4.94. The SMILES string of the molecule is CC1(C)[C@@H]2CC[C@@](C)(O)[C@@H]1C2. The Morgan fingerprint density at radius 1 is 1.27 bits per heavy atom. The summed E-state index contributed by atoms with van der Waals surface area (Å²) in [4.78, 5) is 0. The first-order valence-corrected chi connectivity index (χ1v) is 4.67. The van der Waals surface area contributed by atoms with Crippen LogP contribution in [0.2, 0.25) is 0 Å². The molecule has 0 unspecified atom stereocenters. The van der Waals surface area contributed by atoms with Crippen LogP contribution in [0.15, 0.2) is 0 Å². The first-order valence-electron chi connectivity index (χ1n) is 4.67. The van der Waals surface area contributed by atoms with Gasteiger partial charge in [-0.15, -0.1) is 0 Å². The van der Waals surface area contributed by atoms with Crippen molar-refractivity contribution in [2.75, 3.05) is 0 Å². The summed E-state index contributed by atoms with van der Waals surface area (Å²) in [6, 6.07) is 0. The third-order valence-electron chi connectivity index (χ3n) is 4.22. The van der Waals surface area contributed by atoms with Crippen LogP contribution < -0.4 is 0 Å². The molecule has 0 aromatic heterocycles. The Hall–Kier alpha value is -0.0400. The second kappa shape index (κ2) is 1.82. The van der Waals surface area contributed by atoms with Crippen molar-refractivity contribution in [1.29, 1.82) is 0 Å². The van der Waals surface area contributed by atoms with Crippen molar-refractivity contribution >= 4 is 0 Å². The fourth-order valence-corrected chi connectivity index (χ4v) is 3.20. The molecule has 0 amide bonds. The molecule has 0 radical (unpaired) electrons. The molecule has 3 aliphatic rings. The van der Waals surface area contributed by atoms with Gasteiger partial charge in [-0.2, -0.15) is 0 Å². The summed E-state index contributed by atoms with van der Waals surface area (Å²) in [7, 11) is 0. The minimum atomic E-state index is -0.363. The van der Waals surface area contributed by atoms with E-state index in [1.54, 1.807) is 0 Å². The van der Waals surface area contributed by atoms with Gasteiger partial charge in [0.15, 0.2) is 0 Å². The van der Waals surface area contributed by atoms with E-state index < -0.39 is 0 Å². The van der Waals surface area contributed by atoms with Gasteiger partial charge in [0.05, 0.1) is 5.60 Å². The van der Waals surface area contributed by atoms with Crippen LogP contribution in [0, 0.1) is 17.3 Å². The third-order valence-corrected chi connectivity index (χ3v) is 4.22. The Morgan fingerprint density at radius 3 is 2.18 bits per heavy atom. The van der Waals surface area contributed by atoms with Crippen LogP contribution in [0.4, 0.5) is 0 Å². The smallest absolute Gasteiger partial charge is 0.0653 e. The molecular weight excluding hydrogens is 136 g/mol. The summed E-state index contributed by atoms with van der Waals surface area (Å²) < 4.78 is 0. The summed E-state index contributed by atoms with van der Waals surface area (Å²) in [5.74, 6) is 1.46. The molecule has 2 bridgehead atoms. The second-order valence-corrected chi connectivity index (χ2v) is 5.20. The van der Waals surface area contributed by atoms with Gasteiger partial charge in [0, 0.05) is 0 Å². The zero-order valence-corrected chi connectivity index (χ0v) is 7.72. The van der Waals surface area contributed by atoms with Crippen LogP contribution in [-0.4, -0.2) is 10.7 Å². The molecule has 0 aliphatic heterocycles. The van der Waals surface area contributed by atoms with E-state index in [1.807, 2.05) is 6.92 Å². The Labute approximate surface area is 68.8 Å². The Morgan fingerprint density at radius 2 is 1.91 bits per heavy atom. The highest BCUT2D eigenvalue weighted by Gasteiger charge is 2.58. The number of rotatable bonds is 0. The topological polar surface area (TPSA) is 20.2 Å². The lowest BCUT2D eigenvalue weighted by Crippen LogP contribution is -2.60. The molecule has 3 saturated carbocycles. The maximum absolute atomic E-state index is 10.0. The van der Waals surface area contributed by atoms with E-state index in [1.165, 1.54) is 12.8 Å². The van der Waals surface area contributed by atoms with Gasteiger partial charge < -0.3 is 5.11 Å². The van der Waals surface area contributed by atoms with Gasteiger partial charge in [0.1, 0.15) is 0 Å². The van der Waals surface area contributed by atoms with Crippen molar-refractivity contribution in [3.05, 3.63) is 0 Å². The van der Waals surface area contributed by atoms with Gasteiger partial charge in [-0.3, -0.25) is 0 Å². The van der Waals surface area contributed by atoms with Crippen LogP contribution in [0.1, 0.15) is 40.0 Å². The Kier molecular flexibility index (Phi) is 1.26. The maximum atomic E-state index is 10.0. The predicted octanol–water partition coefficient (Wildman–Crippen LogP) is 2.19. The predicted molar refractivity (Wildman–Crippen MR) is 45.2 cm³/mol. The molecule has 3 atom stereocenters. The van der Waals surface area contributed by atoms with Gasteiger partial charge >= 0.3 is 0 Å². The average molecular weight is 154 g/mol. The molecule has 1 heteroatoms. The van der Waals surface area contributed by atoms with E-state index in [4.69, 9.17) is 0 Å². The van der Waals surface area contributed by atoms with Crippen molar-refractivity contribution < 1.29 is 5.11 Å². The van der Waals surface area contributed by atoms with Crippen molar-refractivity contribution in [3.63, 3.8) is 0 Å². The minimum Gasteiger partial charge on any atom is -0.390 e. The Balaban J connectivity index is 2.23. The highest BCUT2D eigenvalue weighted by Crippen LogP contribution is 2.62. The van der Waals surface area contributed by atoms with Crippen LogP contribution in [0.5, 0.6) is 0 Å². The van der Waals surface area contributed by atoms with Crippen LogP contribution in [0.3, 0.4) is 0 Å². The average Bonchev–Trinajstić information content (AvgIpc) is 1.84. The highest BCUT2D eigenvalue weighted by atomic mass is 16.3. The summed E-state index contributed by atoms with van der Waals surface area (Å²) in [6.45, 7) is 6.62. The number of hydrogen-bond donors (Lipinski definition) is 1. The van der Waals surface area contributed by atoms with E-state index >= 15 is 0 Å². The zero-order valence-electron chi connectivity index (χ0n) is 7.72. The third kappa shape index (κ3) is 0.807. The van der Waals surface area contributed by atoms with Gasteiger partial charge in [0.25, 0.3) is 0 Å². The molecule has 11 heavy (non-hydrogen) atoms. The van der Waals surface area contributed by atoms with Crippen molar-refractivity contribution in [2.24, 2.45) is 17.3 Å². The lowest BCUT2D eigenvalue weighted by atomic mass is 9.44. The molecule has 3 aliphatic carbocycles. The summed E-state index contributed by atoms with van der Waals surface area (Å²) in [5.41, 5.74) is 0.0556. The molecule has 0 spiro atoms. The molecule has 1 N–H and O–H groups in total. The fourth-order valence-electron chi connectivity index (χ4n) is 3.20. The monoisotopic (exact) mass is 154 g/mol. The molecule has 0 aromatic carbocycles. The number of aliphatic hydroxyl groups is 1. The molecule has 0 saturated heterocycles. The van der Waals surface area contributed by atoms with Gasteiger partial charge in [0.2, 0.25) is 0 Å². The normalized spacial score (nSPS) is 53.5. The van der Waals surface area contributed by atoms with Gasteiger partial charge in [-0.1, -0.05) is 13.8 Å². The number of fused-ring (bicyclic) bond motifs is 2. The van der Waals surface area contributed by atoms with E-state index in [0.29, 0.717) is 11.3 Å². The quantitative estimate of drug-likeness (QED) is 0.567. The molecule has 0 aromatic rings. The molecule has 0 heterocycles. The summed E-state index contributed by atoms with van der Waals surface area (Å²) >= 11 is 0. The number of hydrogen-bond acceptors (Lipinski definition) is 1. The zero-order chi connectivity index (χ0) is 8.28. The van der Waals surface area contributed by atoms with Gasteiger partial charge in [-0.25, -0.2) is 0 Å². The molecule has 1 nitrogen and oxygen atoms in total. The molecule has 64 valence electrons. The van der Waals surface area contributed by atoms with Crippen LogP contribution in [0.25, 0.3) is 0 Å². The van der Waals surface area contributed by atoms with Crippen molar-refractivity contribution in [2.45, 2.75) is 45.6 Å². The first kappa shape index (κ1) is 7.60. The van der Waals surface area contributed by atoms with Crippen LogP contribution >= 0.6 is 0 Å². The second-order valence-electron chi connectivity index (χ2n) is 5.20. The summed E-state index contributed by atoms with van der Waals surface area (Å²) in [5, 5.41) is 10.0. The van der Waals surface area contributed by atoms with Gasteiger partial charge in [-0.05, 0) is 43.4 Å². The van der Waals surface area contributed by atoms with Crippen molar-refractivity contribution in [3.8, 4) is 0 Å². The Bertz CT molecular complexity index is 171. The lowest BCUT2D eigenvalue weighted by Gasteiger charge is -2.62. The molecule has 3 rings (SSSR count). The fraction of sp³-hybridized carbons (Fsp3) is 1.00. The molecule has 3 fully saturated rings. The highest BCUT2D eigenvalue weighted by molar-refractivity contribution is 5.08. The summed E-state index contributed by atoms with van der Waals surface area (Å²) in [6.07, 6.45) is 3.52. The van der Waals surface area contributed by atoms with E-state index in [2.05, 4.69) is 13.8 Å². The van der Waals surface area contributed by atoms with Crippen molar-refractivity contribution in [1.82, 2.24) is 0 Å². The molecular formula is C10H18O. The standard InChI is InChI=1S/C10H18O/c1-9(2)7-4-5-10(3,11)8(9)6-7/h7-8,11H,4-6H2,1-3H3/t7-,8-,10-/m1/s1. The maximum Gasteiger partial charge on any atom is 0.0653 e. The van der Waals surface area contributed by atoms with E-state index in [0.717, 1.165) is 12.3 Å².